The molecule has 0 radical (unpaired) electrons. The van der Waals surface area contributed by atoms with Crippen LogP contribution in [0.15, 0.2) is 41.3 Å². The summed E-state index contributed by atoms with van der Waals surface area (Å²) in [6.07, 6.45) is 0. The zero-order chi connectivity index (χ0) is 21.1. The molecule has 13 heteroatoms. The Morgan fingerprint density at radius 2 is 1.46 bits per heavy atom. The number of primary sulfonamides is 1. The minimum Gasteiger partial charge on any atom is -0.316 e. The SMILES string of the molecule is NS(=O)(=O)c1ccccc1C(=O)NNC(=O)C(=O)Nc1cc(Cl)c(Cl)cc1Cl. The Bertz CT molecular complexity index is 1080. The molecule has 0 aliphatic rings. The highest BCUT2D eigenvalue weighted by atomic mass is 35.5. The average Bonchev–Trinajstić information content (AvgIpc) is 2.63. The van der Waals surface area contributed by atoms with Crippen molar-refractivity contribution in [2.24, 2.45) is 5.14 Å². The number of anilines is 1. The van der Waals surface area contributed by atoms with Gasteiger partial charge in [-0.15, -0.1) is 0 Å². The third kappa shape index (κ3) is 5.33. The van der Waals surface area contributed by atoms with Crippen molar-refractivity contribution in [3.8, 4) is 0 Å². The van der Waals surface area contributed by atoms with E-state index in [0.717, 1.165) is 6.07 Å². The van der Waals surface area contributed by atoms with E-state index in [1.807, 2.05) is 10.9 Å². The number of carbonyl (C=O) groups excluding carboxylic acids is 3. The molecule has 0 saturated heterocycles. The predicted octanol–water partition coefficient (Wildman–Crippen LogP) is 1.69. The number of hydrogen-bond acceptors (Lipinski definition) is 5. The largest absolute Gasteiger partial charge is 0.328 e. The molecular weight excluding hydrogens is 455 g/mol. The zero-order valence-corrected chi connectivity index (χ0v) is 16.7. The molecule has 0 fully saturated rings. The summed E-state index contributed by atoms with van der Waals surface area (Å²) in [4.78, 5) is 35.4. The lowest BCUT2D eigenvalue weighted by Gasteiger charge is -2.11. The first-order chi connectivity index (χ1) is 13.0. The highest BCUT2D eigenvalue weighted by Gasteiger charge is 2.21. The Labute approximate surface area is 174 Å². The smallest absolute Gasteiger partial charge is 0.316 e. The fraction of sp³-hybridized carbons (Fsp3) is 0. The minimum absolute atomic E-state index is 0.0158. The molecule has 0 saturated carbocycles. The molecule has 2 rings (SSSR count). The van der Waals surface area contributed by atoms with Crippen molar-refractivity contribution in [1.29, 1.82) is 0 Å². The van der Waals surface area contributed by atoms with E-state index in [2.05, 4.69) is 5.32 Å². The van der Waals surface area contributed by atoms with E-state index >= 15 is 0 Å². The van der Waals surface area contributed by atoms with Crippen molar-refractivity contribution in [2.45, 2.75) is 4.90 Å². The summed E-state index contributed by atoms with van der Waals surface area (Å²) < 4.78 is 23.0. The normalized spacial score (nSPS) is 10.9. The van der Waals surface area contributed by atoms with Crippen LogP contribution in [0.4, 0.5) is 5.69 Å². The van der Waals surface area contributed by atoms with Crippen molar-refractivity contribution in [1.82, 2.24) is 10.9 Å². The second kappa shape index (κ2) is 8.76. The van der Waals surface area contributed by atoms with Gasteiger partial charge >= 0.3 is 11.8 Å². The molecule has 5 N–H and O–H groups in total. The van der Waals surface area contributed by atoms with Crippen LogP contribution in [-0.2, 0) is 19.6 Å². The van der Waals surface area contributed by atoms with Gasteiger partial charge in [0.05, 0.1) is 31.2 Å². The van der Waals surface area contributed by atoms with E-state index in [9.17, 15) is 22.8 Å². The first-order valence-corrected chi connectivity index (χ1v) is 9.86. The molecule has 0 aromatic heterocycles. The van der Waals surface area contributed by atoms with Crippen LogP contribution in [0.5, 0.6) is 0 Å². The summed E-state index contributed by atoms with van der Waals surface area (Å²) in [5.74, 6) is -3.44. The van der Waals surface area contributed by atoms with Crippen molar-refractivity contribution in [3.63, 3.8) is 0 Å². The molecule has 0 bridgehead atoms. The van der Waals surface area contributed by atoms with E-state index in [4.69, 9.17) is 39.9 Å². The quantitative estimate of drug-likeness (QED) is 0.309. The summed E-state index contributed by atoms with van der Waals surface area (Å²) >= 11 is 17.5. The maximum Gasteiger partial charge on any atom is 0.328 e. The third-order valence-corrected chi connectivity index (χ3v) is 5.20. The minimum atomic E-state index is -4.18. The number of sulfonamides is 1. The maximum absolute atomic E-state index is 12.1. The fourth-order valence-electron chi connectivity index (χ4n) is 1.94. The van der Waals surface area contributed by atoms with Gasteiger partial charge in [-0.25, -0.2) is 13.6 Å². The summed E-state index contributed by atoms with van der Waals surface area (Å²) in [5.41, 5.74) is 3.45. The molecule has 0 unspecified atom stereocenters. The number of nitrogens with two attached hydrogens (primary N) is 1. The first-order valence-electron chi connectivity index (χ1n) is 7.18. The van der Waals surface area contributed by atoms with Crippen LogP contribution in [0.3, 0.4) is 0 Å². The Kier molecular flexibility index (Phi) is 6.86. The lowest BCUT2D eigenvalue weighted by Crippen LogP contribution is -2.47. The number of carbonyl (C=O) groups is 3. The molecular formula is C15H11Cl3N4O5S. The van der Waals surface area contributed by atoms with Gasteiger partial charge in [0.1, 0.15) is 0 Å². The number of hydrazine groups is 1. The van der Waals surface area contributed by atoms with Crippen molar-refractivity contribution in [2.75, 3.05) is 5.32 Å². The molecule has 0 atom stereocenters. The molecule has 3 amide bonds. The van der Waals surface area contributed by atoms with E-state index in [1.54, 1.807) is 0 Å². The van der Waals surface area contributed by atoms with Crippen LogP contribution in [0, 0.1) is 0 Å². The van der Waals surface area contributed by atoms with Crippen LogP contribution in [-0.4, -0.2) is 26.1 Å². The van der Waals surface area contributed by atoms with E-state index in [-0.39, 0.29) is 26.3 Å². The monoisotopic (exact) mass is 464 g/mol. The number of rotatable bonds is 3. The molecule has 0 heterocycles. The van der Waals surface area contributed by atoms with Gasteiger partial charge in [-0.1, -0.05) is 46.9 Å². The van der Waals surface area contributed by atoms with Gasteiger partial charge in [0.15, 0.2) is 0 Å². The van der Waals surface area contributed by atoms with Crippen LogP contribution < -0.4 is 21.3 Å². The van der Waals surface area contributed by atoms with Crippen LogP contribution >= 0.6 is 34.8 Å². The fourth-order valence-corrected chi connectivity index (χ4v) is 3.27. The lowest BCUT2D eigenvalue weighted by atomic mass is 10.2. The van der Waals surface area contributed by atoms with Crippen molar-refractivity contribution < 1.29 is 22.8 Å². The molecule has 2 aromatic carbocycles. The molecule has 2 aromatic rings. The number of hydrogen-bond donors (Lipinski definition) is 4. The summed E-state index contributed by atoms with van der Waals surface area (Å²) in [6, 6.07) is 7.55. The molecule has 0 aliphatic carbocycles. The molecule has 0 aliphatic heterocycles. The van der Waals surface area contributed by atoms with Gasteiger partial charge in [0.25, 0.3) is 5.91 Å². The lowest BCUT2D eigenvalue weighted by molar-refractivity contribution is -0.136. The third-order valence-electron chi connectivity index (χ3n) is 3.19. The number of benzene rings is 2. The number of halogens is 3. The van der Waals surface area contributed by atoms with Crippen LogP contribution in [0.25, 0.3) is 0 Å². The van der Waals surface area contributed by atoms with Gasteiger partial charge in [0.2, 0.25) is 10.0 Å². The first kappa shape index (κ1) is 21.9. The maximum atomic E-state index is 12.1. The van der Waals surface area contributed by atoms with Crippen molar-refractivity contribution in [3.05, 3.63) is 57.0 Å². The van der Waals surface area contributed by atoms with Gasteiger partial charge in [-0.3, -0.25) is 25.2 Å². The summed E-state index contributed by atoms with van der Waals surface area (Å²) in [5, 5.41) is 7.48. The van der Waals surface area contributed by atoms with E-state index in [0.29, 0.717) is 0 Å². The predicted molar refractivity (Wildman–Crippen MR) is 104 cm³/mol. The van der Waals surface area contributed by atoms with E-state index in [1.165, 1.54) is 30.3 Å². The standard InChI is InChI=1S/C15H11Cl3N4O5S/c16-8-5-10(18)11(6-9(8)17)20-14(24)15(25)22-21-13(23)7-3-1-2-4-12(7)28(19,26)27/h1-6H,(H,20,24)(H,21,23)(H,22,25)(H2,19,26,27). The Morgan fingerprint density at radius 1 is 0.857 bits per heavy atom. The van der Waals surface area contributed by atoms with Crippen LogP contribution in [0.2, 0.25) is 15.1 Å². The van der Waals surface area contributed by atoms with Crippen molar-refractivity contribution >= 4 is 68.2 Å². The van der Waals surface area contributed by atoms with Gasteiger partial charge < -0.3 is 5.32 Å². The second-order valence-corrected chi connectivity index (χ2v) is 7.90. The highest BCUT2D eigenvalue weighted by molar-refractivity contribution is 7.89. The average molecular weight is 466 g/mol. The number of amides is 3. The molecule has 9 nitrogen and oxygen atoms in total. The topological polar surface area (TPSA) is 147 Å². The Morgan fingerprint density at radius 3 is 2.11 bits per heavy atom. The highest BCUT2D eigenvalue weighted by Crippen LogP contribution is 2.32. The zero-order valence-electron chi connectivity index (χ0n) is 13.6. The van der Waals surface area contributed by atoms with Gasteiger partial charge in [-0.05, 0) is 24.3 Å². The second-order valence-electron chi connectivity index (χ2n) is 5.15. The van der Waals surface area contributed by atoms with E-state index < -0.39 is 32.6 Å². The van der Waals surface area contributed by atoms with Crippen LogP contribution in [0.1, 0.15) is 10.4 Å². The number of nitrogens with one attached hydrogen (secondary N) is 3. The molecule has 148 valence electrons. The molecule has 28 heavy (non-hydrogen) atoms. The summed E-state index contributed by atoms with van der Waals surface area (Å²) in [6.45, 7) is 0. The van der Waals surface area contributed by atoms with Gasteiger partial charge in [-0.2, -0.15) is 0 Å². The molecule has 0 spiro atoms. The summed E-state index contributed by atoms with van der Waals surface area (Å²) in [7, 11) is -4.18. The Balaban J connectivity index is 2.06. The van der Waals surface area contributed by atoms with Gasteiger partial charge in [0, 0.05) is 0 Å². The Hall–Kier alpha value is -2.37.